The summed E-state index contributed by atoms with van der Waals surface area (Å²) >= 11 is 12.7. The lowest BCUT2D eigenvalue weighted by Crippen LogP contribution is -2.47. The Morgan fingerprint density at radius 3 is 2.43 bits per heavy atom. The van der Waals surface area contributed by atoms with Crippen molar-refractivity contribution < 1.29 is 19.0 Å². The maximum absolute atomic E-state index is 13.4. The van der Waals surface area contributed by atoms with Gasteiger partial charge >= 0.3 is 0 Å². The van der Waals surface area contributed by atoms with Crippen molar-refractivity contribution >= 4 is 34.8 Å². The molecule has 148 valence electrons. The van der Waals surface area contributed by atoms with Crippen LogP contribution in [0.15, 0.2) is 36.4 Å². The molecule has 2 aromatic carbocycles. The minimum Gasteiger partial charge on any atom is -0.491 e. The van der Waals surface area contributed by atoms with Crippen molar-refractivity contribution in [1.82, 2.24) is 0 Å². The third-order valence-electron chi connectivity index (χ3n) is 4.76. The van der Waals surface area contributed by atoms with Crippen LogP contribution in [-0.4, -0.2) is 25.2 Å². The molecular formula is C21H21Cl2NO4. The zero-order valence-corrected chi connectivity index (χ0v) is 17.2. The average molecular weight is 422 g/mol. The normalized spacial score (nSPS) is 18.0. The molecule has 0 radical (unpaired) electrons. The quantitative estimate of drug-likeness (QED) is 0.702. The largest absolute Gasteiger partial charge is 0.491 e. The Morgan fingerprint density at radius 1 is 1.11 bits per heavy atom. The number of halogens is 2. The summed E-state index contributed by atoms with van der Waals surface area (Å²) in [4.78, 5) is 15.0. The molecule has 1 amide bonds. The van der Waals surface area contributed by atoms with Crippen molar-refractivity contribution in [2.75, 3.05) is 18.1 Å². The smallest absolute Gasteiger partial charge is 0.292 e. The molecule has 2 heterocycles. The SMILES string of the molecule is CC(C)Oc1ccc(CN2C(=O)C3(OCCCO3)c3ccc(Cl)c(Cl)c32)cc1. The lowest BCUT2D eigenvalue weighted by Gasteiger charge is -2.32. The van der Waals surface area contributed by atoms with E-state index in [0.29, 0.717) is 41.1 Å². The summed E-state index contributed by atoms with van der Waals surface area (Å²) in [7, 11) is 0. The van der Waals surface area contributed by atoms with E-state index in [0.717, 1.165) is 17.7 Å². The maximum Gasteiger partial charge on any atom is 0.292 e. The van der Waals surface area contributed by atoms with Gasteiger partial charge < -0.3 is 19.1 Å². The molecule has 0 unspecified atom stereocenters. The van der Waals surface area contributed by atoms with Crippen LogP contribution in [0.5, 0.6) is 5.75 Å². The van der Waals surface area contributed by atoms with Gasteiger partial charge in [0, 0.05) is 5.56 Å². The molecule has 2 aliphatic heterocycles. The fourth-order valence-corrected chi connectivity index (χ4v) is 3.97. The molecule has 0 saturated carbocycles. The molecule has 0 aromatic heterocycles. The first-order valence-electron chi connectivity index (χ1n) is 9.26. The Hall–Kier alpha value is -1.79. The van der Waals surface area contributed by atoms with Crippen LogP contribution in [0.1, 0.15) is 31.4 Å². The molecule has 2 aromatic rings. The van der Waals surface area contributed by atoms with Gasteiger partial charge in [0.1, 0.15) is 5.75 Å². The number of hydrogen-bond acceptors (Lipinski definition) is 4. The van der Waals surface area contributed by atoms with Gasteiger partial charge in [0.25, 0.3) is 11.7 Å². The van der Waals surface area contributed by atoms with E-state index < -0.39 is 5.79 Å². The highest BCUT2D eigenvalue weighted by Gasteiger charge is 2.55. The van der Waals surface area contributed by atoms with Crippen molar-refractivity contribution in [2.45, 2.75) is 38.7 Å². The fourth-order valence-electron chi connectivity index (χ4n) is 3.55. The molecule has 0 aliphatic carbocycles. The Morgan fingerprint density at radius 2 is 1.79 bits per heavy atom. The van der Waals surface area contributed by atoms with Crippen LogP contribution in [0.25, 0.3) is 0 Å². The highest BCUT2D eigenvalue weighted by atomic mass is 35.5. The zero-order valence-electron chi connectivity index (χ0n) is 15.7. The molecule has 7 heteroatoms. The van der Waals surface area contributed by atoms with E-state index in [2.05, 4.69) is 0 Å². The molecule has 5 nitrogen and oxygen atoms in total. The number of hydrogen-bond donors (Lipinski definition) is 0. The van der Waals surface area contributed by atoms with Crippen molar-refractivity contribution in [2.24, 2.45) is 0 Å². The van der Waals surface area contributed by atoms with Gasteiger partial charge in [0.05, 0.1) is 41.6 Å². The lowest BCUT2D eigenvalue weighted by molar-refractivity contribution is -0.256. The van der Waals surface area contributed by atoms with Gasteiger partial charge in [-0.05, 0) is 50.1 Å². The van der Waals surface area contributed by atoms with Crippen molar-refractivity contribution in [3.05, 3.63) is 57.6 Å². The zero-order chi connectivity index (χ0) is 19.9. The van der Waals surface area contributed by atoms with E-state index in [4.69, 9.17) is 37.4 Å². The third kappa shape index (κ3) is 3.26. The number of rotatable bonds is 4. The fraction of sp³-hybridized carbons (Fsp3) is 0.381. The number of anilines is 1. The van der Waals surface area contributed by atoms with Crippen LogP contribution in [0.4, 0.5) is 5.69 Å². The second kappa shape index (κ2) is 7.56. The van der Waals surface area contributed by atoms with Crippen LogP contribution in [0, 0.1) is 0 Å². The number of carbonyl (C=O) groups is 1. The molecule has 0 atom stereocenters. The Labute approximate surface area is 174 Å². The van der Waals surface area contributed by atoms with Crippen LogP contribution in [0.2, 0.25) is 10.0 Å². The third-order valence-corrected chi connectivity index (χ3v) is 5.55. The number of nitrogens with zero attached hydrogens (tertiary/aromatic N) is 1. The number of fused-ring (bicyclic) bond motifs is 2. The summed E-state index contributed by atoms with van der Waals surface area (Å²) in [5.41, 5.74) is 2.08. The van der Waals surface area contributed by atoms with Gasteiger partial charge in [-0.25, -0.2) is 0 Å². The van der Waals surface area contributed by atoms with Crippen LogP contribution in [0.3, 0.4) is 0 Å². The summed E-state index contributed by atoms with van der Waals surface area (Å²) in [5.74, 6) is -0.944. The number of benzene rings is 2. The monoisotopic (exact) mass is 421 g/mol. The molecule has 1 fully saturated rings. The molecule has 4 rings (SSSR count). The first-order valence-corrected chi connectivity index (χ1v) is 10.0. The second-order valence-electron chi connectivity index (χ2n) is 7.13. The highest BCUT2D eigenvalue weighted by Crippen LogP contribution is 2.50. The summed E-state index contributed by atoms with van der Waals surface area (Å²) in [5, 5.41) is 0.702. The van der Waals surface area contributed by atoms with Crippen molar-refractivity contribution in [3.63, 3.8) is 0 Å². The van der Waals surface area contributed by atoms with Crippen LogP contribution >= 0.6 is 23.2 Å². The molecule has 2 aliphatic rings. The predicted octanol–water partition coefficient (Wildman–Crippen LogP) is 4.92. The topological polar surface area (TPSA) is 48.0 Å². The highest BCUT2D eigenvalue weighted by molar-refractivity contribution is 6.44. The maximum atomic E-state index is 13.4. The lowest BCUT2D eigenvalue weighted by atomic mass is 10.1. The summed E-state index contributed by atoms with van der Waals surface area (Å²) in [6, 6.07) is 11.1. The summed E-state index contributed by atoms with van der Waals surface area (Å²) in [6.45, 7) is 5.16. The van der Waals surface area contributed by atoms with Gasteiger partial charge in [0.2, 0.25) is 0 Å². The average Bonchev–Trinajstić information content (AvgIpc) is 2.89. The van der Waals surface area contributed by atoms with Gasteiger partial charge in [-0.3, -0.25) is 4.79 Å². The number of ether oxygens (including phenoxy) is 3. The Bertz CT molecular complexity index is 892. The van der Waals surface area contributed by atoms with Gasteiger partial charge in [-0.15, -0.1) is 0 Å². The molecule has 1 spiro atoms. The number of carbonyl (C=O) groups excluding carboxylic acids is 1. The van der Waals surface area contributed by atoms with E-state index in [1.807, 2.05) is 38.1 Å². The number of amides is 1. The summed E-state index contributed by atoms with van der Waals surface area (Å²) < 4.78 is 17.4. The minimum atomic E-state index is -1.44. The molecular weight excluding hydrogens is 401 g/mol. The van der Waals surface area contributed by atoms with Gasteiger partial charge in [-0.2, -0.15) is 0 Å². The van der Waals surface area contributed by atoms with Crippen LogP contribution in [-0.2, 0) is 26.6 Å². The standard InChI is InChI=1S/C21H21Cl2NO4/c1-13(2)28-15-6-4-14(5-7-15)12-24-19-16(8-9-17(22)18(19)23)21(20(24)25)26-10-3-11-27-21/h4-9,13H,3,10-12H2,1-2H3. The van der Waals surface area contributed by atoms with Crippen molar-refractivity contribution in [1.29, 1.82) is 0 Å². The van der Waals surface area contributed by atoms with E-state index in [-0.39, 0.29) is 12.0 Å². The van der Waals surface area contributed by atoms with E-state index >= 15 is 0 Å². The Kier molecular flexibility index (Phi) is 5.27. The van der Waals surface area contributed by atoms with Crippen molar-refractivity contribution in [3.8, 4) is 5.75 Å². The molecule has 0 N–H and O–H groups in total. The molecule has 0 bridgehead atoms. The van der Waals surface area contributed by atoms with Gasteiger partial charge in [0.15, 0.2) is 0 Å². The van der Waals surface area contributed by atoms with E-state index in [1.54, 1.807) is 17.0 Å². The molecule has 1 saturated heterocycles. The van der Waals surface area contributed by atoms with E-state index in [1.165, 1.54) is 0 Å². The minimum absolute atomic E-state index is 0.0966. The first kappa shape index (κ1) is 19.5. The second-order valence-corrected chi connectivity index (χ2v) is 7.91. The predicted molar refractivity (Wildman–Crippen MR) is 108 cm³/mol. The summed E-state index contributed by atoms with van der Waals surface area (Å²) in [6.07, 6.45) is 0.836. The van der Waals surface area contributed by atoms with Crippen LogP contribution < -0.4 is 9.64 Å². The molecule has 28 heavy (non-hydrogen) atoms. The van der Waals surface area contributed by atoms with E-state index in [9.17, 15) is 4.79 Å². The van der Waals surface area contributed by atoms with Gasteiger partial charge in [-0.1, -0.05) is 35.3 Å². The first-order chi connectivity index (χ1) is 13.4. The Balaban J connectivity index is 1.70.